The van der Waals surface area contributed by atoms with Gasteiger partial charge in [0.2, 0.25) is 0 Å². The van der Waals surface area contributed by atoms with E-state index in [9.17, 15) is 0 Å². The van der Waals surface area contributed by atoms with Gasteiger partial charge in [0.15, 0.2) is 0 Å². The fourth-order valence-corrected chi connectivity index (χ4v) is 3.25. The second kappa shape index (κ2) is 7.50. The first-order chi connectivity index (χ1) is 11.6. The van der Waals surface area contributed by atoms with Crippen molar-refractivity contribution in [1.82, 2.24) is 4.98 Å². The SMILES string of the molecule is CCC(C)(C)Cc1ccc(C(C)(C)c2ccc(C(C)C)nc2)cc1Cl. The standard InChI is InChI=1S/C23H32ClN/c1-8-22(4,5)14-17-9-10-18(13-20(17)24)23(6,7)19-11-12-21(16(2)3)25-15-19/h9-13,15-16H,8,14H2,1-7H3. The first kappa shape index (κ1) is 20.0. The number of hydrogen-bond donors (Lipinski definition) is 0. The lowest BCUT2D eigenvalue weighted by Gasteiger charge is -2.28. The molecule has 0 bridgehead atoms. The summed E-state index contributed by atoms with van der Waals surface area (Å²) in [6.45, 7) is 15.6. The third-order valence-electron chi connectivity index (χ3n) is 5.50. The van der Waals surface area contributed by atoms with E-state index in [2.05, 4.69) is 83.8 Å². The molecule has 0 unspecified atom stereocenters. The lowest BCUT2D eigenvalue weighted by Crippen LogP contribution is -2.20. The molecule has 1 nitrogen and oxygen atoms in total. The van der Waals surface area contributed by atoms with E-state index in [0.717, 1.165) is 23.6 Å². The molecule has 2 rings (SSSR count). The van der Waals surface area contributed by atoms with Crippen molar-refractivity contribution in [2.45, 2.75) is 72.6 Å². The number of hydrogen-bond acceptors (Lipinski definition) is 1. The molecule has 0 saturated carbocycles. The van der Waals surface area contributed by atoms with Crippen molar-refractivity contribution in [3.63, 3.8) is 0 Å². The average Bonchev–Trinajstić information content (AvgIpc) is 2.56. The van der Waals surface area contributed by atoms with Crippen molar-refractivity contribution in [3.05, 3.63) is 63.9 Å². The fraction of sp³-hybridized carbons (Fsp3) is 0.522. The smallest absolute Gasteiger partial charge is 0.0441 e. The molecule has 2 aromatic rings. The molecule has 1 aromatic carbocycles. The largest absolute Gasteiger partial charge is 0.261 e. The van der Waals surface area contributed by atoms with E-state index in [0.29, 0.717) is 5.92 Å². The van der Waals surface area contributed by atoms with Crippen LogP contribution in [0.3, 0.4) is 0 Å². The van der Waals surface area contributed by atoms with Crippen molar-refractivity contribution in [2.75, 3.05) is 0 Å². The van der Waals surface area contributed by atoms with Gasteiger partial charge in [-0.2, -0.15) is 0 Å². The second-order valence-electron chi connectivity index (χ2n) is 8.75. The molecular formula is C23H32ClN. The van der Waals surface area contributed by atoms with Gasteiger partial charge in [0.25, 0.3) is 0 Å². The molecule has 2 heteroatoms. The summed E-state index contributed by atoms with van der Waals surface area (Å²) in [5.41, 5.74) is 4.97. The zero-order valence-corrected chi connectivity index (χ0v) is 17.5. The minimum atomic E-state index is -0.120. The van der Waals surface area contributed by atoms with Crippen LogP contribution >= 0.6 is 11.6 Å². The molecule has 0 aliphatic heterocycles. The molecule has 25 heavy (non-hydrogen) atoms. The summed E-state index contributed by atoms with van der Waals surface area (Å²) in [4.78, 5) is 4.64. The Labute approximate surface area is 158 Å². The number of nitrogens with zero attached hydrogens (tertiary/aromatic N) is 1. The summed E-state index contributed by atoms with van der Waals surface area (Å²) < 4.78 is 0. The van der Waals surface area contributed by atoms with Gasteiger partial charge in [-0.1, -0.05) is 84.7 Å². The van der Waals surface area contributed by atoms with Crippen molar-refractivity contribution >= 4 is 11.6 Å². The Morgan fingerprint density at radius 3 is 2.12 bits per heavy atom. The maximum atomic E-state index is 6.64. The van der Waals surface area contributed by atoms with Gasteiger partial charge in [0, 0.05) is 22.3 Å². The predicted molar refractivity (Wildman–Crippen MR) is 110 cm³/mol. The van der Waals surface area contributed by atoms with E-state index < -0.39 is 0 Å². The van der Waals surface area contributed by atoms with Gasteiger partial charge in [-0.15, -0.1) is 0 Å². The first-order valence-electron chi connectivity index (χ1n) is 9.32. The zero-order chi connectivity index (χ0) is 18.8. The van der Waals surface area contributed by atoms with Crippen LogP contribution in [0.15, 0.2) is 36.5 Å². The lowest BCUT2D eigenvalue weighted by atomic mass is 9.77. The minimum absolute atomic E-state index is 0.120. The Balaban J connectivity index is 2.32. The van der Waals surface area contributed by atoms with Crippen molar-refractivity contribution in [1.29, 1.82) is 0 Å². The molecule has 0 fully saturated rings. The number of rotatable bonds is 6. The van der Waals surface area contributed by atoms with Crippen LogP contribution < -0.4 is 0 Å². The predicted octanol–water partition coefficient (Wildman–Crippen LogP) is 7.16. The summed E-state index contributed by atoms with van der Waals surface area (Å²) in [7, 11) is 0. The summed E-state index contributed by atoms with van der Waals surface area (Å²) in [5.74, 6) is 0.452. The molecule has 0 atom stereocenters. The Hall–Kier alpha value is -1.34. The molecular weight excluding hydrogens is 326 g/mol. The van der Waals surface area contributed by atoms with Crippen LogP contribution in [0.25, 0.3) is 0 Å². The van der Waals surface area contributed by atoms with Gasteiger partial charge >= 0.3 is 0 Å². The third-order valence-corrected chi connectivity index (χ3v) is 5.85. The summed E-state index contributed by atoms with van der Waals surface area (Å²) in [6.07, 6.45) is 4.16. The third kappa shape index (κ3) is 4.64. The number of halogens is 1. The van der Waals surface area contributed by atoms with E-state index in [1.807, 2.05) is 6.20 Å². The highest BCUT2D eigenvalue weighted by atomic mass is 35.5. The van der Waals surface area contributed by atoms with E-state index in [4.69, 9.17) is 11.6 Å². The summed E-state index contributed by atoms with van der Waals surface area (Å²) in [6, 6.07) is 10.9. The molecule has 136 valence electrons. The highest BCUT2D eigenvalue weighted by molar-refractivity contribution is 6.31. The lowest BCUT2D eigenvalue weighted by molar-refractivity contribution is 0.349. The van der Waals surface area contributed by atoms with Gasteiger partial charge in [0.05, 0.1) is 0 Å². The summed E-state index contributed by atoms with van der Waals surface area (Å²) in [5, 5.41) is 0.874. The second-order valence-corrected chi connectivity index (χ2v) is 9.16. The van der Waals surface area contributed by atoms with Crippen molar-refractivity contribution in [3.8, 4) is 0 Å². The van der Waals surface area contributed by atoms with E-state index >= 15 is 0 Å². The monoisotopic (exact) mass is 357 g/mol. The van der Waals surface area contributed by atoms with Crippen molar-refractivity contribution in [2.24, 2.45) is 5.41 Å². The maximum absolute atomic E-state index is 6.64. The first-order valence-corrected chi connectivity index (χ1v) is 9.70. The molecule has 0 aliphatic carbocycles. The highest BCUT2D eigenvalue weighted by Gasteiger charge is 2.25. The zero-order valence-electron chi connectivity index (χ0n) is 16.8. The van der Waals surface area contributed by atoms with Crippen LogP contribution in [0.5, 0.6) is 0 Å². The molecule has 0 saturated heterocycles. The van der Waals surface area contributed by atoms with Gasteiger partial charge < -0.3 is 0 Å². The van der Waals surface area contributed by atoms with Crippen LogP contribution in [0, 0.1) is 5.41 Å². The van der Waals surface area contributed by atoms with E-state index in [1.54, 1.807) is 0 Å². The van der Waals surface area contributed by atoms with E-state index in [1.165, 1.54) is 16.7 Å². The van der Waals surface area contributed by atoms with Gasteiger partial charge in [-0.25, -0.2) is 0 Å². The molecule has 0 radical (unpaired) electrons. The normalized spacial score (nSPS) is 12.7. The van der Waals surface area contributed by atoms with Crippen LogP contribution in [0.2, 0.25) is 5.02 Å². The fourth-order valence-electron chi connectivity index (χ4n) is 3.00. The van der Waals surface area contributed by atoms with Gasteiger partial charge in [-0.05, 0) is 46.6 Å². The van der Waals surface area contributed by atoms with Crippen LogP contribution in [0.1, 0.15) is 83.2 Å². The van der Waals surface area contributed by atoms with E-state index in [-0.39, 0.29) is 10.8 Å². The number of pyridine rings is 1. The van der Waals surface area contributed by atoms with Crippen LogP contribution in [0.4, 0.5) is 0 Å². The van der Waals surface area contributed by atoms with Crippen molar-refractivity contribution < 1.29 is 0 Å². The molecule has 0 spiro atoms. The Morgan fingerprint density at radius 2 is 1.64 bits per heavy atom. The molecule has 0 N–H and O–H groups in total. The average molecular weight is 358 g/mol. The minimum Gasteiger partial charge on any atom is -0.261 e. The molecule has 0 aliphatic rings. The quantitative estimate of drug-likeness (QED) is 0.534. The summed E-state index contributed by atoms with van der Waals surface area (Å²) >= 11 is 6.64. The Kier molecular flexibility index (Phi) is 5.99. The number of benzene rings is 1. The number of aromatic nitrogens is 1. The van der Waals surface area contributed by atoms with Crippen LogP contribution in [-0.2, 0) is 11.8 Å². The van der Waals surface area contributed by atoms with Gasteiger partial charge in [-0.3, -0.25) is 4.98 Å². The molecule has 0 amide bonds. The Bertz CT molecular complexity index is 711. The van der Waals surface area contributed by atoms with Gasteiger partial charge in [0.1, 0.15) is 0 Å². The molecule has 1 heterocycles. The Morgan fingerprint density at radius 1 is 1.00 bits per heavy atom. The maximum Gasteiger partial charge on any atom is 0.0441 e. The highest BCUT2D eigenvalue weighted by Crippen LogP contribution is 2.36. The van der Waals surface area contributed by atoms with Crippen LogP contribution in [-0.4, -0.2) is 4.98 Å². The molecule has 1 aromatic heterocycles. The topological polar surface area (TPSA) is 12.9 Å².